The average Bonchev–Trinajstić information content (AvgIpc) is 2.72. The molecule has 2 amide bonds. The number of anilines is 2. The summed E-state index contributed by atoms with van der Waals surface area (Å²) in [5.41, 5.74) is 0.947. The molecule has 0 bridgehead atoms. The normalized spacial score (nSPS) is 12.0. The summed E-state index contributed by atoms with van der Waals surface area (Å²) < 4.78 is 31.0. The summed E-state index contributed by atoms with van der Waals surface area (Å²) in [5.74, 6) is -0.307. The van der Waals surface area contributed by atoms with Crippen molar-refractivity contribution in [1.29, 1.82) is 0 Å². The standard InChI is InChI=1S/C21H27N3O5S/c1-5-14-22-21(26)18-8-6-7-9-19(18)23-20(25)15(2)24(30(4,27)28)16-10-12-17(29-3)13-11-16/h6-13,15H,5,14H2,1-4H3,(H,22,26)(H,23,25)/t15-/m1/s1. The maximum Gasteiger partial charge on any atom is 0.253 e. The molecule has 0 aliphatic carbocycles. The van der Waals surface area contributed by atoms with Gasteiger partial charge in [0.1, 0.15) is 11.8 Å². The van der Waals surface area contributed by atoms with Crippen molar-refractivity contribution >= 4 is 33.2 Å². The molecule has 2 N–H and O–H groups in total. The molecule has 2 aromatic rings. The Hall–Kier alpha value is -3.07. The fraction of sp³-hybridized carbons (Fsp3) is 0.333. The first-order valence-electron chi connectivity index (χ1n) is 9.50. The lowest BCUT2D eigenvalue weighted by Gasteiger charge is -2.28. The quantitative estimate of drug-likeness (QED) is 0.633. The van der Waals surface area contributed by atoms with E-state index in [1.807, 2.05) is 6.92 Å². The number of nitrogens with one attached hydrogen (secondary N) is 2. The Morgan fingerprint density at radius 3 is 2.30 bits per heavy atom. The van der Waals surface area contributed by atoms with Gasteiger partial charge in [0.2, 0.25) is 15.9 Å². The summed E-state index contributed by atoms with van der Waals surface area (Å²) in [7, 11) is -2.25. The van der Waals surface area contributed by atoms with Crippen LogP contribution in [-0.4, -0.2) is 46.2 Å². The molecule has 0 unspecified atom stereocenters. The molecule has 0 aliphatic heterocycles. The molecule has 0 spiro atoms. The van der Waals surface area contributed by atoms with Gasteiger partial charge in [0.15, 0.2) is 0 Å². The number of para-hydroxylation sites is 1. The van der Waals surface area contributed by atoms with Crippen LogP contribution >= 0.6 is 0 Å². The smallest absolute Gasteiger partial charge is 0.253 e. The van der Waals surface area contributed by atoms with Crippen molar-refractivity contribution < 1.29 is 22.7 Å². The zero-order valence-electron chi connectivity index (χ0n) is 17.5. The Kier molecular flexibility index (Phi) is 7.82. The Morgan fingerprint density at radius 1 is 1.10 bits per heavy atom. The number of methoxy groups -OCH3 is 1. The number of amides is 2. The van der Waals surface area contributed by atoms with Crippen molar-refractivity contribution in [3.63, 3.8) is 0 Å². The number of benzene rings is 2. The first-order valence-corrected chi connectivity index (χ1v) is 11.4. The van der Waals surface area contributed by atoms with Gasteiger partial charge in [-0.05, 0) is 49.7 Å². The van der Waals surface area contributed by atoms with E-state index in [0.717, 1.165) is 17.0 Å². The molecule has 2 aromatic carbocycles. The number of rotatable bonds is 9. The molecule has 0 saturated heterocycles. The molecule has 0 heterocycles. The van der Waals surface area contributed by atoms with Crippen molar-refractivity contribution in [2.24, 2.45) is 0 Å². The Bertz CT molecular complexity index is 990. The molecule has 1 atom stereocenters. The summed E-state index contributed by atoms with van der Waals surface area (Å²) in [5, 5.41) is 5.45. The molecule has 8 nitrogen and oxygen atoms in total. The summed E-state index contributed by atoms with van der Waals surface area (Å²) >= 11 is 0. The van der Waals surface area contributed by atoms with E-state index in [-0.39, 0.29) is 5.91 Å². The van der Waals surface area contributed by atoms with E-state index < -0.39 is 22.0 Å². The fourth-order valence-electron chi connectivity index (χ4n) is 2.90. The SMILES string of the molecule is CCCNC(=O)c1ccccc1NC(=O)[C@@H](C)N(c1ccc(OC)cc1)S(C)(=O)=O. The fourth-order valence-corrected chi connectivity index (χ4v) is 4.07. The van der Waals surface area contributed by atoms with Crippen LogP contribution in [0.2, 0.25) is 0 Å². The molecular formula is C21H27N3O5S. The highest BCUT2D eigenvalue weighted by molar-refractivity contribution is 7.92. The highest BCUT2D eigenvalue weighted by Gasteiger charge is 2.29. The van der Waals surface area contributed by atoms with E-state index in [0.29, 0.717) is 29.2 Å². The number of sulfonamides is 1. The lowest BCUT2D eigenvalue weighted by atomic mass is 10.1. The van der Waals surface area contributed by atoms with Crippen molar-refractivity contribution in [3.05, 3.63) is 54.1 Å². The van der Waals surface area contributed by atoms with Crippen molar-refractivity contribution in [2.75, 3.05) is 29.5 Å². The van der Waals surface area contributed by atoms with Crippen LogP contribution in [0.3, 0.4) is 0 Å². The van der Waals surface area contributed by atoms with Gasteiger partial charge in [-0.25, -0.2) is 8.42 Å². The Balaban J connectivity index is 2.29. The van der Waals surface area contributed by atoms with Crippen molar-refractivity contribution in [3.8, 4) is 5.75 Å². The van der Waals surface area contributed by atoms with Crippen LogP contribution in [0.5, 0.6) is 5.75 Å². The van der Waals surface area contributed by atoms with E-state index in [4.69, 9.17) is 4.74 Å². The number of nitrogens with zero attached hydrogens (tertiary/aromatic N) is 1. The third-order valence-electron chi connectivity index (χ3n) is 4.38. The lowest BCUT2D eigenvalue weighted by molar-refractivity contribution is -0.116. The summed E-state index contributed by atoms with van der Waals surface area (Å²) in [6.45, 7) is 3.94. The third-order valence-corrected chi connectivity index (χ3v) is 5.62. The van der Waals surface area contributed by atoms with E-state index >= 15 is 0 Å². The molecule has 0 saturated carbocycles. The van der Waals surface area contributed by atoms with E-state index in [2.05, 4.69) is 10.6 Å². The van der Waals surface area contributed by atoms with Crippen LogP contribution in [0, 0.1) is 0 Å². The first-order chi connectivity index (χ1) is 14.2. The molecular weight excluding hydrogens is 406 g/mol. The van der Waals surface area contributed by atoms with Crippen molar-refractivity contribution in [1.82, 2.24) is 5.32 Å². The van der Waals surface area contributed by atoms with Crippen molar-refractivity contribution in [2.45, 2.75) is 26.3 Å². The molecule has 0 aliphatic rings. The van der Waals surface area contributed by atoms with Crippen LogP contribution in [0.1, 0.15) is 30.6 Å². The largest absolute Gasteiger partial charge is 0.497 e. The predicted molar refractivity (Wildman–Crippen MR) is 117 cm³/mol. The summed E-state index contributed by atoms with van der Waals surface area (Å²) in [6, 6.07) is 11.9. The average molecular weight is 434 g/mol. The zero-order chi connectivity index (χ0) is 22.3. The van der Waals surface area contributed by atoms with Crippen LogP contribution in [-0.2, 0) is 14.8 Å². The van der Waals surface area contributed by atoms with Gasteiger partial charge in [-0.15, -0.1) is 0 Å². The van der Waals surface area contributed by atoms with Crippen LogP contribution in [0.25, 0.3) is 0 Å². The van der Waals surface area contributed by atoms with Gasteiger partial charge >= 0.3 is 0 Å². The molecule has 2 rings (SSSR count). The van der Waals surface area contributed by atoms with E-state index in [9.17, 15) is 18.0 Å². The lowest BCUT2D eigenvalue weighted by Crippen LogP contribution is -2.45. The van der Waals surface area contributed by atoms with Gasteiger partial charge in [-0.2, -0.15) is 0 Å². The van der Waals surface area contributed by atoms with Gasteiger partial charge in [0.25, 0.3) is 5.91 Å². The summed E-state index contributed by atoms with van der Waals surface area (Å²) in [6.07, 6.45) is 1.82. The number of carbonyl (C=O) groups excluding carboxylic acids is 2. The number of carbonyl (C=O) groups is 2. The minimum atomic E-state index is -3.76. The van der Waals surface area contributed by atoms with Gasteiger partial charge < -0.3 is 15.4 Å². The molecule has 30 heavy (non-hydrogen) atoms. The summed E-state index contributed by atoms with van der Waals surface area (Å²) in [4.78, 5) is 25.3. The monoisotopic (exact) mass is 433 g/mol. The number of ether oxygens (including phenoxy) is 1. The minimum Gasteiger partial charge on any atom is -0.497 e. The van der Waals surface area contributed by atoms with Gasteiger partial charge in [-0.1, -0.05) is 19.1 Å². The van der Waals surface area contributed by atoms with E-state index in [1.165, 1.54) is 14.0 Å². The van der Waals surface area contributed by atoms with Crippen LogP contribution in [0.4, 0.5) is 11.4 Å². The second kappa shape index (κ2) is 10.1. The number of hydrogen-bond donors (Lipinski definition) is 2. The van der Waals surface area contributed by atoms with Crippen LogP contribution in [0.15, 0.2) is 48.5 Å². The topological polar surface area (TPSA) is 105 Å². The highest BCUT2D eigenvalue weighted by atomic mass is 32.2. The Morgan fingerprint density at radius 2 is 1.73 bits per heavy atom. The number of hydrogen-bond acceptors (Lipinski definition) is 5. The first kappa shape index (κ1) is 23.2. The zero-order valence-corrected chi connectivity index (χ0v) is 18.3. The van der Waals surface area contributed by atoms with Gasteiger partial charge in [-0.3, -0.25) is 13.9 Å². The van der Waals surface area contributed by atoms with E-state index in [1.54, 1.807) is 48.5 Å². The highest BCUT2D eigenvalue weighted by Crippen LogP contribution is 2.25. The van der Waals surface area contributed by atoms with Crippen LogP contribution < -0.4 is 19.7 Å². The molecule has 162 valence electrons. The maximum absolute atomic E-state index is 12.9. The second-order valence-electron chi connectivity index (χ2n) is 6.72. The third kappa shape index (κ3) is 5.73. The minimum absolute atomic E-state index is 0.307. The molecule has 9 heteroatoms. The molecule has 0 aromatic heterocycles. The molecule has 0 fully saturated rings. The maximum atomic E-state index is 12.9. The van der Waals surface area contributed by atoms with Gasteiger partial charge in [0, 0.05) is 6.54 Å². The molecule has 0 radical (unpaired) electrons. The Labute approximate surface area is 177 Å². The second-order valence-corrected chi connectivity index (χ2v) is 8.58. The van der Waals surface area contributed by atoms with Gasteiger partial charge in [0.05, 0.1) is 30.3 Å². The predicted octanol–water partition coefficient (Wildman–Crippen LogP) is 2.63.